The maximum atomic E-state index is 10.5. The number of fused-ring (bicyclic) bond motifs is 5. The summed E-state index contributed by atoms with van der Waals surface area (Å²) in [6, 6.07) is 0. The Hall–Kier alpha value is -0.0400. The summed E-state index contributed by atoms with van der Waals surface area (Å²) in [5.74, 6) is 6.92. The highest BCUT2D eigenvalue weighted by atomic mass is 16.3. The van der Waals surface area contributed by atoms with Gasteiger partial charge >= 0.3 is 0 Å². The number of rotatable bonds is 5. The molecule has 0 amide bonds. The first-order chi connectivity index (χ1) is 13.7. The van der Waals surface area contributed by atoms with Crippen molar-refractivity contribution in [2.75, 3.05) is 0 Å². The molecule has 4 fully saturated rings. The molecule has 0 aromatic heterocycles. The molecule has 4 saturated carbocycles. The van der Waals surface area contributed by atoms with E-state index in [1.54, 1.807) is 0 Å². The van der Waals surface area contributed by atoms with E-state index in [1.807, 2.05) is 0 Å². The van der Waals surface area contributed by atoms with Crippen LogP contribution in [-0.4, -0.2) is 11.2 Å². The summed E-state index contributed by atoms with van der Waals surface area (Å²) in [4.78, 5) is 0. The molecule has 4 rings (SSSR count). The Balaban J connectivity index is 1.48. The van der Waals surface area contributed by atoms with Crippen molar-refractivity contribution in [2.45, 2.75) is 118 Å². The first-order valence-electron chi connectivity index (χ1n) is 13.4. The molecule has 10 atom stereocenters. The van der Waals surface area contributed by atoms with Crippen LogP contribution in [0.25, 0.3) is 0 Å². The summed E-state index contributed by atoms with van der Waals surface area (Å²) in [6.07, 6.45) is 15.4. The lowest BCUT2D eigenvalue weighted by atomic mass is 9.43. The van der Waals surface area contributed by atoms with E-state index in [4.69, 9.17) is 0 Å². The van der Waals surface area contributed by atoms with Crippen molar-refractivity contribution in [1.82, 2.24) is 0 Å². The smallest absolute Gasteiger partial charge is 0.0568 e. The third-order valence-corrected chi connectivity index (χ3v) is 11.4. The molecule has 0 aromatic carbocycles. The molecule has 0 aromatic rings. The van der Waals surface area contributed by atoms with Crippen molar-refractivity contribution < 1.29 is 5.11 Å². The molecule has 29 heavy (non-hydrogen) atoms. The van der Waals surface area contributed by atoms with E-state index in [2.05, 4.69) is 41.5 Å². The highest BCUT2D eigenvalue weighted by Gasteiger charge is 2.61. The lowest BCUT2D eigenvalue weighted by Crippen LogP contribution is -2.56. The van der Waals surface area contributed by atoms with Crippen molar-refractivity contribution in [2.24, 2.45) is 58.2 Å². The lowest BCUT2D eigenvalue weighted by molar-refractivity contribution is -0.149. The maximum Gasteiger partial charge on any atom is 0.0568 e. The quantitative estimate of drug-likeness (QED) is 0.499. The fraction of sp³-hybridized carbons (Fsp3) is 1.00. The monoisotopic (exact) mass is 402 g/mol. The van der Waals surface area contributed by atoms with Crippen LogP contribution >= 0.6 is 0 Å². The van der Waals surface area contributed by atoms with Gasteiger partial charge in [-0.15, -0.1) is 0 Å². The standard InChI is InChI=1S/C28H50O/c1-18(2)8-7-9-19(3)22-12-13-24-21-10-11-23-20(4)26(29)15-17-28(23,6)25(21)14-16-27(22,24)5/h18-26,29H,7-17H2,1-6H3/t19?,20?,21?,22?,23?,24?,25?,26-,27?,28?/m0/s1. The van der Waals surface area contributed by atoms with Gasteiger partial charge in [-0.05, 0) is 110 Å². The van der Waals surface area contributed by atoms with E-state index in [0.29, 0.717) is 16.7 Å². The Bertz CT molecular complexity index is 569. The second kappa shape index (κ2) is 8.14. The Morgan fingerprint density at radius 3 is 2.17 bits per heavy atom. The molecule has 1 heteroatoms. The topological polar surface area (TPSA) is 20.2 Å². The normalized spacial score (nSPS) is 50.7. The number of hydrogen-bond acceptors (Lipinski definition) is 1. The predicted molar refractivity (Wildman–Crippen MR) is 124 cm³/mol. The molecule has 1 nitrogen and oxygen atoms in total. The van der Waals surface area contributed by atoms with Gasteiger partial charge in [0.15, 0.2) is 0 Å². The highest BCUT2D eigenvalue weighted by molar-refractivity contribution is 5.10. The van der Waals surface area contributed by atoms with E-state index in [9.17, 15) is 5.11 Å². The van der Waals surface area contributed by atoms with Crippen LogP contribution in [0.2, 0.25) is 0 Å². The van der Waals surface area contributed by atoms with Gasteiger partial charge < -0.3 is 5.11 Å². The number of hydrogen-bond donors (Lipinski definition) is 1. The number of aliphatic hydroxyl groups is 1. The van der Waals surface area contributed by atoms with Crippen LogP contribution in [0.4, 0.5) is 0 Å². The van der Waals surface area contributed by atoms with Gasteiger partial charge in [0, 0.05) is 0 Å². The van der Waals surface area contributed by atoms with Gasteiger partial charge in [-0.3, -0.25) is 0 Å². The highest BCUT2D eigenvalue weighted by Crippen LogP contribution is 2.68. The van der Waals surface area contributed by atoms with Crippen LogP contribution in [0.1, 0.15) is 112 Å². The Labute approximate surface area is 181 Å². The van der Waals surface area contributed by atoms with E-state index in [0.717, 1.165) is 47.8 Å². The average molecular weight is 403 g/mol. The summed E-state index contributed by atoms with van der Waals surface area (Å²) in [7, 11) is 0. The van der Waals surface area contributed by atoms with E-state index >= 15 is 0 Å². The third-order valence-electron chi connectivity index (χ3n) is 11.4. The van der Waals surface area contributed by atoms with Gasteiger partial charge in [0.2, 0.25) is 0 Å². The minimum absolute atomic E-state index is 0.0407. The van der Waals surface area contributed by atoms with Crippen LogP contribution in [0.15, 0.2) is 0 Å². The van der Waals surface area contributed by atoms with Gasteiger partial charge in [-0.25, -0.2) is 0 Å². The minimum Gasteiger partial charge on any atom is -0.393 e. The second-order valence-corrected chi connectivity index (χ2v) is 13.1. The first-order valence-corrected chi connectivity index (χ1v) is 13.4. The van der Waals surface area contributed by atoms with E-state index in [-0.39, 0.29) is 6.10 Å². The predicted octanol–water partition coefficient (Wildman–Crippen LogP) is 7.71. The molecule has 0 aliphatic heterocycles. The fourth-order valence-corrected chi connectivity index (χ4v) is 9.73. The average Bonchev–Trinajstić information content (AvgIpc) is 3.02. The van der Waals surface area contributed by atoms with E-state index in [1.165, 1.54) is 64.2 Å². The third kappa shape index (κ3) is 3.64. The van der Waals surface area contributed by atoms with Crippen LogP contribution in [0.5, 0.6) is 0 Å². The van der Waals surface area contributed by atoms with Gasteiger partial charge in [0.05, 0.1) is 6.10 Å². The zero-order chi connectivity index (χ0) is 21.0. The minimum atomic E-state index is -0.0407. The van der Waals surface area contributed by atoms with Crippen molar-refractivity contribution in [1.29, 1.82) is 0 Å². The van der Waals surface area contributed by atoms with E-state index < -0.39 is 0 Å². The summed E-state index contributed by atoms with van der Waals surface area (Å²) in [5.41, 5.74) is 1.12. The molecule has 0 saturated heterocycles. The molecule has 4 aliphatic rings. The van der Waals surface area contributed by atoms with Crippen LogP contribution in [0.3, 0.4) is 0 Å². The number of aliphatic hydroxyl groups excluding tert-OH is 1. The summed E-state index contributed by atoms with van der Waals surface area (Å²) < 4.78 is 0. The largest absolute Gasteiger partial charge is 0.393 e. The van der Waals surface area contributed by atoms with Gasteiger partial charge in [-0.2, -0.15) is 0 Å². The molecule has 0 heterocycles. The summed E-state index contributed by atoms with van der Waals surface area (Å²) in [6.45, 7) is 15.0. The molecule has 0 bridgehead atoms. The molecular weight excluding hydrogens is 352 g/mol. The van der Waals surface area contributed by atoms with Gasteiger partial charge in [0.1, 0.15) is 0 Å². The van der Waals surface area contributed by atoms with Gasteiger partial charge in [0.25, 0.3) is 0 Å². The fourth-order valence-electron chi connectivity index (χ4n) is 9.73. The molecule has 1 N–H and O–H groups in total. The molecular formula is C28H50O. The summed E-state index contributed by atoms with van der Waals surface area (Å²) in [5, 5.41) is 10.5. The van der Waals surface area contributed by atoms with Crippen molar-refractivity contribution in [3.63, 3.8) is 0 Å². The zero-order valence-corrected chi connectivity index (χ0v) is 20.4. The Morgan fingerprint density at radius 1 is 0.793 bits per heavy atom. The van der Waals surface area contributed by atoms with Crippen molar-refractivity contribution in [3.8, 4) is 0 Å². The van der Waals surface area contributed by atoms with Crippen LogP contribution in [0, 0.1) is 58.2 Å². The molecule has 0 radical (unpaired) electrons. The van der Waals surface area contributed by atoms with Crippen molar-refractivity contribution in [3.05, 3.63) is 0 Å². The van der Waals surface area contributed by atoms with Gasteiger partial charge in [-0.1, -0.05) is 60.8 Å². The molecule has 168 valence electrons. The summed E-state index contributed by atoms with van der Waals surface area (Å²) >= 11 is 0. The maximum absolute atomic E-state index is 10.5. The molecule has 9 unspecified atom stereocenters. The molecule has 0 spiro atoms. The van der Waals surface area contributed by atoms with Crippen LogP contribution in [-0.2, 0) is 0 Å². The SMILES string of the molecule is CC(C)CCCC(C)C1CCC2C3CCC4C(C)[C@@H](O)CCC4(C)C3CCC12C. The Morgan fingerprint density at radius 2 is 1.45 bits per heavy atom. The van der Waals surface area contributed by atoms with Crippen LogP contribution < -0.4 is 0 Å². The lowest BCUT2D eigenvalue weighted by Gasteiger charge is -2.62. The van der Waals surface area contributed by atoms with Crippen molar-refractivity contribution >= 4 is 0 Å². The second-order valence-electron chi connectivity index (χ2n) is 13.1. The molecule has 4 aliphatic carbocycles. The zero-order valence-electron chi connectivity index (χ0n) is 20.4. The Kier molecular flexibility index (Phi) is 6.22. The first kappa shape index (κ1) is 22.2.